The van der Waals surface area contributed by atoms with Gasteiger partial charge in [-0.05, 0) is 26.3 Å². The maximum absolute atomic E-state index is 12.5. The zero-order valence-electron chi connectivity index (χ0n) is 16.5. The number of hydrogen-bond donors (Lipinski definition) is 1. The molecule has 0 saturated carbocycles. The molecule has 0 bridgehead atoms. The second kappa shape index (κ2) is 12.5. The summed E-state index contributed by atoms with van der Waals surface area (Å²) in [5.74, 6) is -3.54. The summed E-state index contributed by atoms with van der Waals surface area (Å²) in [6, 6.07) is 8.64. The Morgan fingerprint density at radius 2 is 1.57 bits per heavy atom. The quantitative estimate of drug-likeness (QED) is 0.396. The van der Waals surface area contributed by atoms with E-state index in [2.05, 4.69) is 0 Å². The molecule has 1 N–H and O–H groups in total. The molecule has 10 heteroatoms. The molecule has 0 saturated heterocycles. The van der Waals surface area contributed by atoms with Crippen LogP contribution in [0.15, 0.2) is 30.3 Å². The number of amides is 2. The van der Waals surface area contributed by atoms with Gasteiger partial charge in [-0.2, -0.15) is 0 Å². The van der Waals surface area contributed by atoms with Crippen LogP contribution in [0.1, 0.15) is 26.3 Å². The van der Waals surface area contributed by atoms with E-state index in [0.29, 0.717) is 10.5 Å². The Labute approximate surface area is 222 Å². The Morgan fingerprint density at radius 1 is 1.00 bits per heavy atom. The van der Waals surface area contributed by atoms with Gasteiger partial charge in [0.25, 0.3) is 0 Å². The number of carboxylic acids is 2. The van der Waals surface area contributed by atoms with E-state index in [1.54, 1.807) is 51.1 Å². The number of benzene rings is 1. The van der Waals surface area contributed by atoms with Crippen molar-refractivity contribution in [1.29, 1.82) is 0 Å². The molecule has 2 amide bonds. The van der Waals surface area contributed by atoms with E-state index in [0.717, 1.165) is 4.90 Å². The van der Waals surface area contributed by atoms with E-state index < -0.39 is 49.2 Å². The van der Waals surface area contributed by atoms with Crippen LogP contribution < -0.4 is 74.0 Å². The predicted octanol–water partition coefficient (Wildman–Crippen LogP) is -2.91. The number of carboxylic acid groups (broad SMARTS) is 2. The number of aliphatic carboxylic acids is 2. The van der Waals surface area contributed by atoms with Gasteiger partial charge in [0.15, 0.2) is 0 Å². The van der Waals surface area contributed by atoms with Crippen molar-refractivity contribution < 1.29 is 103 Å². The molecule has 0 aliphatic heterocycles. The fraction of sp³-hybridized carbons (Fsp3) is 0.444. The van der Waals surface area contributed by atoms with Crippen molar-refractivity contribution in [3.8, 4) is 0 Å². The largest absolute Gasteiger partial charge is 1.00 e. The van der Waals surface area contributed by atoms with E-state index in [1.807, 2.05) is 0 Å². The zero-order chi connectivity index (χ0) is 20.6. The van der Waals surface area contributed by atoms with Gasteiger partial charge in [-0.25, -0.2) is 4.79 Å². The standard InChI is InChI=1S/C18H24N2O7.Cs/c1-18(2,3)27-17(26)20(12-16(24)25)10-14(21)19(11-15(22)23)9-13-7-5-4-6-8-13;/h4-8H,9-12H2,1-3H3,(H,22,23)(H,24,25);/q;+1/p-1. The van der Waals surface area contributed by atoms with Gasteiger partial charge in [-0.3, -0.25) is 14.5 Å². The van der Waals surface area contributed by atoms with Gasteiger partial charge in [0.2, 0.25) is 5.91 Å². The molecule has 9 nitrogen and oxygen atoms in total. The van der Waals surface area contributed by atoms with E-state index in [-0.39, 0.29) is 75.4 Å². The normalized spacial score (nSPS) is 10.4. The topological polar surface area (TPSA) is 127 Å². The molecule has 0 unspecified atom stereocenters. The molecule has 0 fully saturated rings. The van der Waals surface area contributed by atoms with E-state index in [4.69, 9.17) is 9.84 Å². The predicted molar refractivity (Wildman–Crippen MR) is 92.3 cm³/mol. The summed E-state index contributed by atoms with van der Waals surface area (Å²) in [7, 11) is 0. The minimum absolute atomic E-state index is 0. The Balaban J connectivity index is 0.00000729. The van der Waals surface area contributed by atoms with Crippen LogP contribution in [0.2, 0.25) is 0 Å². The van der Waals surface area contributed by atoms with E-state index in [9.17, 15) is 24.3 Å². The summed E-state index contributed by atoms with van der Waals surface area (Å²) in [6.07, 6.45) is -0.980. The summed E-state index contributed by atoms with van der Waals surface area (Å²) in [6.45, 7) is 2.69. The van der Waals surface area contributed by atoms with Gasteiger partial charge < -0.3 is 24.6 Å². The number of hydrogen-bond acceptors (Lipinski definition) is 6. The maximum Gasteiger partial charge on any atom is 1.00 e. The third-order valence-electron chi connectivity index (χ3n) is 3.19. The van der Waals surface area contributed by atoms with E-state index in [1.165, 1.54) is 0 Å². The fourth-order valence-electron chi connectivity index (χ4n) is 2.13. The summed E-state index contributed by atoms with van der Waals surface area (Å²) in [4.78, 5) is 48.4. The summed E-state index contributed by atoms with van der Waals surface area (Å²) in [5, 5.41) is 20.0. The smallest absolute Gasteiger partial charge is 0.548 e. The second-order valence-corrected chi connectivity index (χ2v) is 6.84. The zero-order valence-corrected chi connectivity index (χ0v) is 22.8. The summed E-state index contributed by atoms with van der Waals surface area (Å²) >= 11 is 0. The maximum atomic E-state index is 12.5. The van der Waals surface area contributed by atoms with Gasteiger partial charge >= 0.3 is 81.0 Å². The molecular weight excluding hydrogens is 489 g/mol. The minimum atomic E-state index is -1.47. The van der Waals surface area contributed by atoms with Crippen molar-refractivity contribution >= 4 is 23.9 Å². The number of nitrogens with zero attached hydrogens (tertiary/aromatic N) is 2. The monoisotopic (exact) mass is 512 g/mol. The van der Waals surface area contributed by atoms with Crippen LogP contribution in [0.25, 0.3) is 0 Å². The molecule has 148 valence electrons. The van der Waals surface area contributed by atoms with Crippen molar-refractivity contribution in [3.05, 3.63) is 35.9 Å². The molecule has 28 heavy (non-hydrogen) atoms. The van der Waals surface area contributed by atoms with Crippen LogP contribution >= 0.6 is 0 Å². The summed E-state index contributed by atoms with van der Waals surface area (Å²) < 4.78 is 5.10. The van der Waals surface area contributed by atoms with Gasteiger partial charge in [0, 0.05) is 6.54 Å². The number of ether oxygens (including phenoxy) is 1. The van der Waals surface area contributed by atoms with Gasteiger partial charge in [-0.15, -0.1) is 0 Å². The average Bonchev–Trinajstić information content (AvgIpc) is 2.52. The van der Waals surface area contributed by atoms with Crippen molar-refractivity contribution in [2.24, 2.45) is 0 Å². The average molecular weight is 512 g/mol. The number of rotatable bonds is 8. The minimum Gasteiger partial charge on any atom is -0.548 e. The fourth-order valence-corrected chi connectivity index (χ4v) is 2.13. The first-order chi connectivity index (χ1) is 12.5. The molecule has 0 aromatic heterocycles. The first-order valence-electron chi connectivity index (χ1n) is 8.19. The number of carbonyl (C=O) groups excluding carboxylic acids is 3. The van der Waals surface area contributed by atoms with Crippen LogP contribution in [0, 0.1) is 0 Å². The Kier molecular flexibility index (Phi) is 12.0. The molecule has 1 aromatic carbocycles. The molecular formula is C18H23CsN2O7. The number of carbonyl (C=O) groups is 4. The van der Waals surface area contributed by atoms with Crippen molar-refractivity contribution in [2.45, 2.75) is 32.9 Å². The third kappa shape index (κ3) is 11.1. The molecule has 0 atom stereocenters. The molecule has 1 aromatic rings. The first kappa shape index (κ1) is 27.0. The van der Waals surface area contributed by atoms with Crippen LogP contribution in [-0.4, -0.2) is 64.1 Å². The third-order valence-corrected chi connectivity index (χ3v) is 3.19. The van der Waals surface area contributed by atoms with Crippen LogP contribution in [-0.2, 0) is 25.7 Å². The molecule has 0 aliphatic carbocycles. The second-order valence-electron chi connectivity index (χ2n) is 6.84. The van der Waals surface area contributed by atoms with Gasteiger partial charge in [-0.1, -0.05) is 30.3 Å². The molecule has 0 spiro atoms. The Morgan fingerprint density at radius 3 is 2.04 bits per heavy atom. The molecule has 1 rings (SSSR count). The molecule has 0 aliphatic rings. The van der Waals surface area contributed by atoms with Crippen molar-refractivity contribution in [1.82, 2.24) is 9.80 Å². The van der Waals surface area contributed by atoms with Crippen molar-refractivity contribution in [2.75, 3.05) is 19.6 Å². The van der Waals surface area contributed by atoms with Crippen LogP contribution in [0.5, 0.6) is 0 Å². The summed E-state index contributed by atoms with van der Waals surface area (Å²) in [5.41, 5.74) is -0.208. The SMILES string of the molecule is CC(C)(C)OC(=O)N(CC(=O)O)CC(=O)N(CC(=O)[O-])Cc1ccccc1.[Cs+]. The Hall–Kier alpha value is -1.05. The van der Waals surface area contributed by atoms with Crippen LogP contribution in [0.3, 0.4) is 0 Å². The van der Waals surface area contributed by atoms with Crippen LogP contribution in [0.4, 0.5) is 4.79 Å². The van der Waals surface area contributed by atoms with E-state index >= 15 is 0 Å². The molecule has 0 heterocycles. The molecule has 0 radical (unpaired) electrons. The Bertz CT molecular complexity index is 689. The van der Waals surface area contributed by atoms with Crippen molar-refractivity contribution in [3.63, 3.8) is 0 Å². The first-order valence-corrected chi connectivity index (χ1v) is 8.19. The van der Waals surface area contributed by atoms with Gasteiger partial charge in [0.1, 0.15) is 18.7 Å². The van der Waals surface area contributed by atoms with Gasteiger partial charge in [0.05, 0.1) is 12.5 Å².